The molecule has 0 saturated carbocycles. The van der Waals surface area contributed by atoms with Crippen LogP contribution in [0.5, 0.6) is 0 Å². The largest absolute Gasteiger partial charge is 0.333 e. The molecular formula is C17H25N5. The number of fused-ring (bicyclic) bond motifs is 1. The van der Waals surface area contributed by atoms with Gasteiger partial charge in [0.2, 0.25) is 0 Å². The fraction of sp³-hybridized carbons (Fsp3) is 0.529. The molecule has 2 N–H and O–H groups in total. The van der Waals surface area contributed by atoms with Crippen LogP contribution in [0.25, 0.3) is 0 Å². The van der Waals surface area contributed by atoms with Gasteiger partial charge in [-0.25, -0.2) is 4.98 Å². The minimum Gasteiger partial charge on any atom is -0.333 e. The van der Waals surface area contributed by atoms with Crippen molar-refractivity contribution < 1.29 is 0 Å². The van der Waals surface area contributed by atoms with Crippen molar-refractivity contribution in [1.82, 2.24) is 19.4 Å². The summed E-state index contributed by atoms with van der Waals surface area (Å²) in [5.41, 5.74) is 9.52. The van der Waals surface area contributed by atoms with Gasteiger partial charge in [-0.2, -0.15) is 0 Å². The van der Waals surface area contributed by atoms with Crippen molar-refractivity contribution in [2.24, 2.45) is 5.73 Å². The second-order valence-corrected chi connectivity index (χ2v) is 6.09. The van der Waals surface area contributed by atoms with Crippen molar-refractivity contribution in [3.8, 4) is 0 Å². The van der Waals surface area contributed by atoms with Crippen molar-refractivity contribution in [3.63, 3.8) is 0 Å². The third-order valence-corrected chi connectivity index (χ3v) is 4.51. The highest BCUT2D eigenvalue weighted by atomic mass is 15.2. The quantitative estimate of drug-likeness (QED) is 0.888. The predicted octanol–water partition coefficient (Wildman–Crippen LogP) is 2.14. The Kier molecular flexibility index (Phi) is 4.85. The summed E-state index contributed by atoms with van der Waals surface area (Å²) in [6.45, 7) is 2.55. The average Bonchev–Trinajstić information content (AvgIpc) is 2.99. The maximum atomic E-state index is 5.61. The van der Waals surface area contributed by atoms with E-state index in [1.54, 1.807) is 0 Å². The third-order valence-electron chi connectivity index (χ3n) is 4.51. The second-order valence-electron chi connectivity index (χ2n) is 6.09. The maximum absolute atomic E-state index is 5.61. The molecule has 118 valence electrons. The van der Waals surface area contributed by atoms with Crippen LogP contribution < -0.4 is 5.73 Å². The zero-order chi connectivity index (χ0) is 15.4. The first-order valence-electron chi connectivity index (χ1n) is 8.12. The van der Waals surface area contributed by atoms with Crippen LogP contribution in [0.4, 0.5) is 0 Å². The number of aryl methyl sites for hydroxylation is 2. The second kappa shape index (κ2) is 7.03. The Labute approximate surface area is 132 Å². The van der Waals surface area contributed by atoms with Gasteiger partial charge in [-0.1, -0.05) is 6.07 Å². The van der Waals surface area contributed by atoms with Crippen molar-refractivity contribution in [1.29, 1.82) is 0 Å². The van der Waals surface area contributed by atoms with Gasteiger partial charge in [0.15, 0.2) is 0 Å². The van der Waals surface area contributed by atoms with Crippen molar-refractivity contribution in [3.05, 3.63) is 47.8 Å². The first-order chi connectivity index (χ1) is 10.8. The Bertz CT molecular complexity index is 607. The number of nitrogens with zero attached hydrogens (tertiary/aromatic N) is 4. The van der Waals surface area contributed by atoms with Gasteiger partial charge in [0, 0.05) is 25.5 Å². The molecule has 1 aliphatic rings. The van der Waals surface area contributed by atoms with E-state index < -0.39 is 0 Å². The molecule has 1 aliphatic carbocycles. The summed E-state index contributed by atoms with van der Waals surface area (Å²) in [6.07, 6.45) is 10.3. The van der Waals surface area contributed by atoms with Crippen LogP contribution in [-0.4, -0.2) is 33.0 Å². The molecule has 1 unspecified atom stereocenters. The number of imidazole rings is 1. The number of aromatic nitrogens is 3. The minimum absolute atomic E-state index is 0.405. The lowest BCUT2D eigenvalue weighted by Crippen LogP contribution is -2.29. The Hall–Kier alpha value is -1.72. The standard InChI is InChI=1S/C17H25N5/c1-21(12-15-11-19-13-22(15)10-4-8-18)16-7-2-5-14-6-3-9-20-17(14)16/h3,6,9,11,13,16H,2,4-5,7-8,10,12,18H2,1H3. The molecule has 0 aliphatic heterocycles. The summed E-state index contributed by atoms with van der Waals surface area (Å²) in [6, 6.07) is 4.67. The van der Waals surface area contributed by atoms with Gasteiger partial charge in [-0.3, -0.25) is 9.88 Å². The first kappa shape index (κ1) is 15.2. The molecule has 2 heterocycles. The van der Waals surface area contributed by atoms with Crippen LogP contribution in [0.3, 0.4) is 0 Å². The number of pyridine rings is 1. The molecule has 0 amide bonds. The van der Waals surface area contributed by atoms with Crippen LogP contribution in [0.2, 0.25) is 0 Å². The van der Waals surface area contributed by atoms with E-state index in [1.165, 1.54) is 29.8 Å². The molecule has 2 aromatic heterocycles. The summed E-state index contributed by atoms with van der Waals surface area (Å²) in [4.78, 5) is 11.3. The van der Waals surface area contributed by atoms with E-state index in [1.807, 2.05) is 24.8 Å². The molecule has 0 fully saturated rings. The van der Waals surface area contributed by atoms with Crippen molar-refractivity contribution >= 4 is 0 Å². The molecular weight excluding hydrogens is 274 g/mol. The summed E-state index contributed by atoms with van der Waals surface area (Å²) >= 11 is 0. The van der Waals surface area contributed by atoms with Gasteiger partial charge >= 0.3 is 0 Å². The Morgan fingerprint density at radius 2 is 2.36 bits per heavy atom. The molecule has 0 bridgehead atoms. The topological polar surface area (TPSA) is 60.0 Å². The lowest BCUT2D eigenvalue weighted by atomic mass is 9.91. The fourth-order valence-electron chi connectivity index (χ4n) is 3.32. The summed E-state index contributed by atoms with van der Waals surface area (Å²) < 4.78 is 2.21. The maximum Gasteiger partial charge on any atom is 0.0948 e. The number of hydrogen-bond donors (Lipinski definition) is 1. The predicted molar refractivity (Wildman–Crippen MR) is 87.3 cm³/mol. The van der Waals surface area contributed by atoms with E-state index in [9.17, 15) is 0 Å². The van der Waals surface area contributed by atoms with Crippen LogP contribution >= 0.6 is 0 Å². The number of rotatable bonds is 6. The molecule has 0 radical (unpaired) electrons. The molecule has 3 rings (SSSR count). The summed E-state index contributed by atoms with van der Waals surface area (Å²) in [5, 5.41) is 0. The minimum atomic E-state index is 0.405. The van der Waals surface area contributed by atoms with Crippen molar-refractivity contribution in [2.45, 2.75) is 44.8 Å². The van der Waals surface area contributed by atoms with E-state index in [0.29, 0.717) is 12.6 Å². The normalized spacial score (nSPS) is 17.7. The molecule has 0 aromatic carbocycles. The fourth-order valence-corrected chi connectivity index (χ4v) is 3.32. The van der Waals surface area contributed by atoms with E-state index in [0.717, 1.165) is 25.9 Å². The molecule has 5 nitrogen and oxygen atoms in total. The Balaban J connectivity index is 1.73. The molecule has 0 spiro atoms. The summed E-state index contributed by atoms with van der Waals surface area (Å²) in [5.74, 6) is 0. The van der Waals surface area contributed by atoms with E-state index in [-0.39, 0.29) is 0 Å². The van der Waals surface area contributed by atoms with Gasteiger partial charge in [0.25, 0.3) is 0 Å². The SMILES string of the molecule is CN(Cc1cncn1CCCN)C1CCCc2cccnc21. The van der Waals surface area contributed by atoms with Gasteiger partial charge in [0.05, 0.1) is 23.8 Å². The molecule has 0 saturated heterocycles. The van der Waals surface area contributed by atoms with Gasteiger partial charge in [-0.15, -0.1) is 0 Å². The van der Waals surface area contributed by atoms with Crippen LogP contribution in [0.15, 0.2) is 30.9 Å². The third kappa shape index (κ3) is 3.20. The van der Waals surface area contributed by atoms with E-state index >= 15 is 0 Å². The van der Waals surface area contributed by atoms with Crippen LogP contribution in [0, 0.1) is 0 Å². The van der Waals surface area contributed by atoms with E-state index in [4.69, 9.17) is 5.73 Å². The first-order valence-corrected chi connectivity index (χ1v) is 8.12. The average molecular weight is 299 g/mol. The monoisotopic (exact) mass is 299 g/mol. The van der Waals surface area contributed by atoms with Crippen LogP contribution in [-0.2, 0) is 19.5 Å². The number of hydrogen-bond acceptors (Lipinski definition) is 4. The molecule has 22 heavy (non-hydrogen) atoms. The number of nitrogens with two attached hydrogens (primary N) is 1. The molecule has 1 atom stereocenters. The Morgan fingerprint density at radius 1 is 1.45 bits per heavy atom. The highest BCUT2D eigenvalue weighted by molar-refractivity contribution is 5.25. The lowest BCUT2D eigenvalue weighted by Gasteiger charge is -2.32. The smallest absolute Gasteiger partial charge is 0.0948 e. The molecule has 2 aromatic rings. The van der Waals surface area contributed by atoms with Gasteiger partial charge < -0.3 is 10.3 Å². The van der Waals surface area contributed by atoms with E-state index in [2.05, 4.69) is 32.5 Å². The highest BCUT2D eigenvalue weighted by Gasteiger charge is 2.25. The lowest BCUT2D eigenvalue weighted by molar-refractivity contribution is 0.203. The highest BCUT2D eigenvalue weighted by Crippen LogP contribution is 2.32. The van der Waals surface area contributed by atoms with Gasteiger partial charge in [-0.05, 0) is 50.9 Å². The summed E-state index contributed by atoms with van der Waals surface area (Å²) in [7, 11) is 2.19. The van der Waals surface area contributed by atoms with Gasteiger partial charge in [0.1, 0.15) is 0 Å². The van der Waals surface area contributed by atoms with Crippen molar-refractivity contribution in [2.75, 3.05) is 13.6 Å². The zero-order valence-corrected chi connectivity index (χ0v) is 13.3. The van der Waals surface area contributed by atoms with Crippen LogP contribution in [0.1, 0.15) is 42.3 Å². The molecule has 5 heteroatoms. The zero-order valence-electron chi connectivity index (χ0n) is 13.3. The Morgan fingerprint density at radius 3 is 3.23 bits per heavy atom.